The molecule has 4 amide bonds. The smallest absolute Gasteiger partial charge is 0.242 e. The molecular weight excluding hydrogens is 336 g/mol. The minimum atomic E-state index is -0.399. The molecule has 3 aliphatic heterocycles. The quantitative estimate of drug-likeness (QED) is 0.620. The van der Waals surface area contributed by atoms with Gasteiger partial charge in [-0.2, -0.15) is 0 Å². The second-order valence-corrected chi connectivity index (χ2v) is 7.28. The molecule has 0 saturated carbocycles. The summed E-state index contributed by atoms with van der Waals surface area (Å²) in [6, 6.07) is -0.799. The van der Waals surface area contributed by atoms with Crippen LogP contribution in [0.5, 0.6) is 0 Å². The average molecular weight is 364 g/mol. The van der Waals surface area contributed by atoms with Crippen LogP contribution in [0, 0.1) is 0 Å². The first kappa shape index (κ1) is 18.7. The predicted octanol–water partition coefficient (Wildman–Crippen LogP) is -0.225. The van der Waals surface area contributed by atoms with Crippen molar-refractivity contribution in [2.45, 2.75) is 63.5 Å². The van der Waals surface area contributed by atoms with Crippen LogP contribution in [0.3, 0.4) is 0 Å². The van der Waals surface area contributed by atoms with Crippen molar-refractivity contribution in [1.29, 1.82) is 0 Å². The molecule has 0 spiro atoms. The summed E-state index contributed by atoms with van der Waals surface area (Å²) < 4.78 is 0. The lowest BCUT2D eigenvalue weighted by Gasteiger charge is -2.26. The molecule has 0 aromatic rings. The van der Waals surface area contributed by atoms with Crippen LogP contribution in [-0.2, 0) is 19.2 Å². The largest absolute Gasteiger partial charge is 0.354 e. The van der Waals surface area contributed by atoms with Gasteiger partial charge in [-0.3, -0.25) is 19.2 Å². The maximum Gasteiger partial charge on any atom is 0.242 e. The minimum Gasteiger partial charge on any atom is -0.354 e. The lowest BCUT2D eigenvalue weighted by Crippen LogP contribution is -2.48. The molecule has 144 valence electrons. The highest BCUT2D eigenvalue weighted by atomic mass is 16.2. The van der Waals surface area contributed by atoms with Gasteiger partial charge < -0.3 is 20.4 Å². The van der Waals surface area contributed by atoms with Crippen molar-refractivity contribution in [3.63, 3.8) is 0 Å². The van der Waals surface area contributed by atoms with Crippen LogP contribution in [0.1, 0.15) is 51.4 Å². The fourth-order valence-electron chi connectivity index (χ4n) is 4.10. The van der Waals surface area contributed by atoms with Crippen molar-refractivity contribution in [1.82, 2.24) is 20.4 Å². The van der Waals surface area contributed by atoms with Gasteiger partial charge in [-0.1, -0.05) is 0 Å². The Morgan fingerprint density at radius 1 is 0.654 bits per heavy atom. The topological polar surface area (TPSA) is 98.8 Å². The second-order valence-electron chi connectivity index (χ2n) is 7.28. The van der Waals surface area contributed by atoms with E-state index in [2.05, 4.69) is 10.6 Å². The van der Waals surface area contributed by atoms with E-state index in [9.17, 15) is 19.2 Å². The fraction of sp³-hybridized carbons (Fsp3) is 0.778. The molecule has 0 aromatic heterocycles. The Bertz CT molecular complexity index is 482. The number of nitrogens with one attached hydrogen (secondary N) is 2. The lowest BCUT2D eigenvalue weighted by molar-refractivity contribution is -0.139. The Labute approximate surface area is 153 Å². The summed E-state index contributed by atoms with van der Waals surface area (Å²) in [7, 11) is 0. The summed E-state index contributed by atoms with van der Waals surface area (Å²) >= 11 is 0. The van der Waals surface area contributed by atoms with E-state index in [1.165, 1.54) is 0 Å². The molecule has 3 saturated heterocycles. The molecule has 0 aliphatic carbocycles. The Morgan fingerprint density at radius 2 is 1.08 bits per heavy atom. The van der Waals surface area contributed by atoms with Crippen LogP contribution in [0.2, 0.25) is 0 Å². The van der Waals surface area contributed by atoms with Crippen molar-refractivity contribution in [3.8, 4) is 0 Å². The summed E-state index contributed by atoms with van der Waals surface area (Å²) in [6.45, 7) is 2.04. The Morgan fingerprint density at radius 3 is 1.50 bits per heavy atom. The van der Waals surface area contributed by atoms with Crippen LogP contribution in [0.25, 0.3) is 0 Å². The second kappa shape index (κ2) is 8.51. The van der Waals surface area contributed by atoms with Crippen LogP contribution >= 0.6 is 0 Å². The number of hydrogen-bond acceptors (Lipinski definition) is 4. The molecule has 0 aromatic carbocycles. The average Bonchev–Trinajstić information content (AvgIpc) is 3.30. The highest BCUT2D eigenvalue weighted by molar-refractivity contribution is 5.89. The van der Waals surface area contributed by atoms with Gasteiger partial charge in [0.25, 0.3) is 0 Å². The Hall–Kier alpha value is -2.12. The zero-order valence-corrected chi connectivity index (χ0v) is 15.2. The molecule has 0 unspecified atom stereocenters. The monoisotopic (exact) mass is 364 g/mol. The summed E-state index contributed by atoms with van der Waals surface area (Å²) in [5.41, 5.74) is 0. The molecule has 0 bridgehead atoms. The summed E-state index contributed by atoms with van der Waals surface area (Å²) in [4.78, 5) is 52.9. The zero-order chi connectivity index (χ0) is 18.5. The van der Waals surface area contributed by atoms with E-state index < -0.39 is 12.1 Å². The van der Waals surface area contributed by atoms with Gasteiger partial charge in [0.1, 0.15) is 12.1 Å². The van der Waals surface area contributed by atoms with Crippen molar-refractivity contribution in [3.05, 3.63) is 0 Å². The SMILES string of the molecule is O=C1NCCCC(=O)N2CCC[C@H]2C(=O)NCCCC(=O)N2CCC[C@@H]12. The molecule has 26 heavy (non-hydrogen) atoms. The molecule has 2 atom stereocenters. The molecule has 8 heteroatoms. The first-order chi connectivity index (χ1) is 12.6. The molecule has 3 heterocycles. The van der Waals surface area contributed by atoms with Gasteiger partial charge in [-0.25, -0.2) is 0 Å². The van der Waals surface area contributed by atoms with Gasteiger partial charge in [-0.15, -0.1) is 0 Å². The van der Waals surface area contributed by atoms with E-state index >= 15 is 0 Å². The number of rotatable bonds is 0. The van der Waals surface area contributed by atoms with Crippen LogP contribution in [-0.4, -0.2) is 71.7 Å². The highest BCUT2D eigenvalue weighted by Crippen LogP contribution is 2.20. The van der Waals surface area contributed by atoms with Crippen molar-refractivity contribution >= 4 is 23.6 Å². The molecule has 2 N–H and O–H groups in total. The fourth-order valence-corrected chi connectivity index (χ4v) is 4.10. The third kappa shape index (κ3) is 4.16. The number of hydrogen-bond donors (Lipinski definition) is 2. The number of amides is 4. The minimum absolute atomic E-state index is 0.0262. The molecular formula is C18H28N4O4. The van der Waals surface area contributed by atoms with Crippen molar-refractivity contribution < 1.29 is 19.2 Å². The maximum atomic E-state index is 12.4. The Kier molecular flexibility index (Phi) is 6.11. The van der Waals surface area contributed by atoms with E-state index in [-0.39, 0.29) is 23.6 Å². The Balaban J connectivity index is 1.66. The zero-order valence-electron chi connectivity index (χ0n) is 15.2. The molecule has 3 fully saturated rings. The third-order valence-electron chi connectivity index (χ3n) is 5.48. The molecule has 3 rings (SSSR count). The third-order valence-corrected chi connectivity index (χ3v) is 5.48. The van der Waals surface area contributed by atoms with E-state index in [1.807, 2.05) is 0 Å². The van der Waals surface area contributed by atoms with Gasteiger partial charge in [0, 0.05) is 39.0 Å². The molecule has 0 radical (unpaired) electrons. The summed E-state index contributed by atoms with van der Waals surface area (Å²) in [5, 5.41) is 5.73. The highest BCUT2D eigenvalue weighted by Gasteiger charge is 2.35. The lowest BCUT2D eigenvalue weighted by atomic mass is 10.1. The van der Waals surface area contributed by atoms with Crippen LogP contribution < -0.4 is 10.6 Å². The van der Waals surface area contributed by atoms with Crippen LogP contribution in [0.4, 0.5) is 0 Å². The van der Waals surface area contributed by atoms with Gasteiger partial charge in [0.05, 0.1) is 0 Å². The van der Waals surface area contributed by atoms with E-state index in [4.69, 9.17) is 0 Å². The number of carbonyl (C=O) groups is 4. The van der Waals surface area contributed by atoms with E-state index in [1.54, 1.807) is 9.80 Å². The maximum absolute atomic E-state index is 12.4. The van der Waals surface area contributed by atoms with Gasteiger partial charge in [0.15, 0.2) is 0 Å². The summed E-state index contributed by atoms with van der Waals surface area (Å²) in [6.07, 6.45) is 4.73. The van der Waals surface area contributed by atoms with Crippen molar-refractivity contribution in [2.75, 3.05) is 26.2 Å². The molecule has 3 aliphatic rings. The summed E-state index contributed by atoms with van der Waals surface area (Å²) in [5.74, 6) is -0.297. The predicted molar refractivity (Wildman–Crippen MR) is 94.0 cm³/mol. The number of fused-ring (bicyclic) bond motifs is 2. The van der Waals surface area contributed by atoms with Gasteiger partial charge in [0.2, 0.25) is 23.6 Å². The van der Waals surface area contributed by atoms with Crippen LogP contribution in [0.15, 0.2) is 0 Å². The standard InChI is InChI=1S/C18H28N4O4/c23-15-7-1-9-19-17(25)13-5-4-12-22(13)16(24)8-2-10-20-18(26)14-6-3-11-21(14)15/h13-14H,1-12H2,(H,19,25)(H,20,26)/t13-,14-/m0/s1. The van der Waals surface area contributed by atoms with E-state index in [0.29, 0.717) is 64.7 Å². The van der Waals surface area contributed by atoms with E-state index in [0.717, 1.165) is 12.8 Å². The number of carbonyl (C=O) groups excluding carboxylic acids is 4. The first-order valence-corrected chi connectivity index (χ1v) is 9.72. The van der Waals surface area contributed by atoms with Crippen molar-refractivity contribution in [2.24, 2.45) is 0 Å². The normalized spacial score (nSPS) is 29.2. The first-order valence-electron chi connectivity index (χ1n) is 9.72. The molecule has 8 nitrogen and oxygen atoms in total. The van der Waals surface area contributed by atoms with Gasteiger partial charge in [-0.05, 0) is 38.5 Å². The number of nitrogens with zero attached hydrogens (tertiary/aromatic N) is 2. The van der Waals surface area contributed by atoms with Gasteiger partial charge >= 0.3 is 0 Å².